The minimum atomic E-state index is 0.159. The molecule has 0 bridgehead atoms. The summed E-state index contributed by atoms with van der Waals surface area (Å²) in [7, 11) is 1.59. The van der Waals surface area contributed by atoms with Crippen LogP contribution in [0.25, 0.3) is 0 Å². The number of methoxy groups -OCH3 is 1. The van der Waals surface area contributed by atoms with Gasteiger partial charge in [0, 0.05) is 18.7 Å². The van der Waals surface area contributed by atoms with Crippen molar-refractivity contribution in [1.82, 2.24) is 9.97 Å². The first-order chi connectivity index (χ1) is 7.65. The van der Waals surface area contributed by atoms with E-state index in [1.807, 2.05) is 6.92 Å². The second-order valence-electron chi connectivity index (χ2n) is 3.77. The van der Waals surface area contributed by atoms with Gasteiger partial charge in [-0.2, -0.15) is 4.98 Å². The van der Waals surface area contributed by atoms with Crippen molar-refractivity contribution >= 4 is 5.82 Å². The summed E-state index contributed by atoms with van der Waals surface area (Å²) in [6, 6.07) is 1.93. The Bertz CT molecular complexity index is 330. The van der Waals surface area contributed by atoms with Crippen molar-refractivity contribution in [3.8, 4) is 5.88 Å². The lowest BCUT2D eigenvalue weighted by Gasteiger charge is -2.12. The number of nitrogens with two attached hydrogens (primary N) is 1. The van der Waals surface area contributed by atoms with Crippen LogP contribution in [0.1, 0.15) is 25.6 Å². The van der Waals surface area contributed by atoms with Crippen LogP contribution >= 0.6 is 0 Å². The molecule has 1 atom stereocenters. The van der Waals surface area contributed by atoms with Crippen LogP contribution in [-0.2, 0) is 0 Å². The Morgan fingerprint density at radius 2 is 2.25 bits per heavy atom. The molecule has 5 heteroatoms. The Labute approximate surface area is 96.4 Å². The molecule has 5 nitrogen and oxygen atoms in total. The number of ether oxygens (including phenoxy) is 1. The Morgan fingerprint density at radius 3 is 2.88 bits per heavy atom. The summed E-state index contributed by atoms with van der Waals surface area (Å²) < 4.78 is 5.07. The molecule has 0 aliphatic carbocycles. The first kappa shape index (κ1) is 12.7. The highest BCUT2D eigenvalue weighted by Crippen LogP contribution is 2.12. The van der Waals surface area contributed by atoms with E-state index in [1.165, 1.54) is 0 Å². The van der Waals surface area contributed by atoms with E-state index < -0.39 is 0 Å². The van der Waals surface area contributed by atoms with E-state index in [0.29, 0.717) is 18.2 Å². The van der Waals surface area contributed by atoms with Crippen molar-refractivity contribution < 1.29 is 4.74 Å². The van der Waals surface area contributed by atoms with Gasteiger partial charge < -0.3 is 15.8 Å². The lowest BCUT2D eigenvalue weighted by atomic mass is 10.2. The Balaban J connectivity index is 2.56. The molecule has 1 aromatic rings. The fourth-order valence-electron chi connectivity index (χ4n) is 1.44. The number of aryl methyl sites for hydroxylation is 1. The van der Waals surface area contributed by atoms with E-state index in [4.69, 9.17) is 10.5 Å². The topological polar surface area (TPSA) is 73.1 Å². The third-order valence-corrected chi connectivity index (χ3v) is 2.23. The van der Waals surface area contributed by atoms with Gasteiger partial charge in [0.1, 0.15) is 11.6 Å². The normalized spacial score (nSPS) is 12.2. The number of hydrogen-bond donors (Lipinski definition) is 2. The molecule has 0 aromatic carbocycles. The largest absolute Gasteiger partial charge is 0.481 e. The maximum absolute atomic E-state index is 5.90. The molecule has 1 heterocycles. The summed E-state index contributed by atoms with van der Waals surface area (Å²) >= 11 is 0. The average molecular weight is 224 g/mol. The molecular formula is C11H20N4O. The van der Waals surface area contributed by atoms with E-state index in [0.717, 1.165) is 18.7 Å². The van der Waals surface area contributed by atoms with Gasteiger partial charge in [-0.3, -0.25) is 0 Å². The van der Waals surface area contributed by atoms with Gasteiger partial charge in [-0.1, -0.05) is 13.3 Å². The molecule has 16 heavy (non-hydrogen) atoms. The summed E-state index contributed by atoms with van der Waals surface area (Å²) in [6.07, 6.45) is 2.10. The quantitative estimate of drug-likeness (QED) is 0.762. The average Bonchev–Trinajstić information content (AvgIpc) is 2.26. The number of nitrogens with zero attached hydrogens (tertiary/aromatic N) is 2. The minimum Gasteiger partial charge on any atom is -0.481 e. The highest BCUT2D eigenvalue weighted by atomic mass is 16.5. The van der Waals surface area contributed by atoms with Gasteiger partial charge in [0.2, 0.25) is 5.88 Å². The van der Waals surface area contributed by atoms with Gasteiger partial charge in [0.25, 0.3) is 0 Å². The molecule has 0 spiro atoms. The molecule has 0 aliphatic heterocycles. The van der Waals surface area contributed by atoms with Gasteiger partial charge in [-0.05, 0) is 13.3 Å². The van der Waals surface area contributed by atoms with Crippen LogP contribution in [0.15, 0.2) is 6.07 Å². The van der Waals surface area contributed by atoms with Crippen LogP contribution in [0.5, 0.6) is 5.88 Å². The number of anilines is 1. The molecular weight excluding hydrogens is 204 g/mol. The molecule has 0 radical (unpaired) electrons. The van der Waals surface area contributed by atoms with E-state index >= 15 is 0 Å². The molecule has 90 valence electrons. The van der Waals surface area contributed by atoms with Crippen molar-refractivity contribution in [2.24, 2.45) is 5.73 Å². The zero-order chi connectivity index (χ0) is 12.0. The Kier molecular flexibility index (Phi) is 4.98. The Hall–Kier alpha value is -1.36. The van der Waals surface area contributed by atoms with Crippen molar-refractivity contribution in [1.29, 1.82) is 0 Å². The highest BCUT2D eigenvalue weighted by Gasteiger charge is 2.04. The molecule has 0 amide bonds. The molecule has 0 saturated carbocycles. The number of rotatable bonds is 6. The van der Waals surface area contributed by atoms with Crippen LogP contribution in [0.3, 0.4) is 0 Å². The summed E-state index contributed by atoms with van der Waals surface area (Å²) in [5, 5.41) is 3.19. The molecule has 0 aliphatic rings. The van der Waals surface area contributed by atoms with Gasteiger partial charge in [0.15, 0.2) is 0 Å². The maximum Gasteiger partial charge on any atom is 0.218 e. The minimum absolute atomic E-state index is 0.159. The van der Waals surface area contributed by atoms with Crippen LogP contribution in [0.2, 0.25) is 0 Å². The van der Waals surface area contributed by atoms with Crippen molar-refractivity contribution in [2.75, 3.05) is 19.0 Å². The van der Waals surface area contributed by atoms with Crippen molar-refractivity contribution in [3.63, 3.8) is 0 Å². The van der Waals surface area contributed by atoms with Crippen molar-refractivity contribution in [2.45, 2.75) is 32.7 Å². The number of nitrogens with one attached hydrogen (secondary N) is 1. The molecule has 1 aromatic heterocycles. The summed E-state index contributed by atoms with van der Waals surface area (Å²) in [5.74, 6) is 2.01. The SMILES string of the molecule is CCCC(N)CNc1cc(OC)nc(C)n1. The molecule has 3 N–H and O–H groups in total. The fraction of sp³-hybridized carbons (Fsp3) is 0.636. The van der Waals surface area contributed by atoms with Gasteiger partial charge in [-0.15, -0.1) is 0 Å². The summed E-state index contributed by atoms with van der Waals surface area (Å²) in [5.41, 5.74) is 5.90. The third-order valence-electron chi connectivity index (χ3n) is 2.23. The second-order valence-corrected chi connectivity index (χ2v) is 3.77. The lowest BCUT2D eigenvalue weighted by molar-refractivity contribution is 0.396. The van der Waals surface area contributed by atoms with E-state index in [9.17, 15) is 0 Å². The van der Waals surface area contributed by atoms with Gasteiger partial charge in [0.05, 0.1) is 7.11 Å². The first-order valence-corrected chi connectivity index (χ1v) is 5.54. The number of hydrogen-bond acceptors (Lipinski definition) is 5. The van der Waals surface area contributed by atoms with Crippen LogP contribution in [0, 0.1) is 6.92 Å². The molecule has 0 fully saturated rings. The van der Waals surface area contributed by atoms with E-state index in [2.05, 4.69) is 22.2 Å². The monoisotopic (exact) mass is 224 g/mol. The molecule has 1 unspecified atom stereocenters. The summed E-state index contributed by atoms with van der Waals surface area (Å²) in [4.78, 5) is 8.37. The lowest BCUT2D eigenvalue weighted by Crippen LogP contribution is -2.29. The zero-order valence-corrected chi connectivity index (χ0v) is 10.2. The second kappa shape index (κ2) is 6.27. The summed E-state index contributed by atoms with van der Waals surface area (Å²) in [6.45, 7) is 4.67. The van der Waals surface area contributed by atoms with Crippen LogP contribution in [0.4, 0.5) is 5.82 Å². The van der Waals surface area contributed by atoms with Gasteiger partial charge in [-0.25, -0.2) is 4.98 Å². The smallest absolute Gasteiger partial charge is 0.218 e. The van der Waals surface area contributed by atoms with Crippen molar-refractivity contribution in [3.05, 3.63) is 11.9 Å². The van der Waals surface area contributed by atoms with E-state index in [-0.39, 0.29) is 6.04 Å². The van der Waals surface area contributed by atoms with Crippen LogP contribution < -0.4 is 15.8 Å². The standard InChI is InChI=1S/C11H20N4O/c1-4-5-9(12)7-13-10-6-11(16-3)15-8(2)14-10/h6,9H,4-5,7,12H2,1-3H3,(H,13,14,15). The highest BCUT2D eigenvalue weighted by molar-refractivity contribution is 5.38. The predicted octanol–water partition coefficient (Wildman–Crippen LogP) is 1.33. The fourth-order valence-corrected chi connectivity index (χ4v) is 1.44. The molecule has 0 saturated heterocycles. The first-order valence-electron chi connectivity index (χ1n) is 5.54. The van der Waals surface area contributed by atoms with Crippen LogP contribution in [-0.4, -0.2) is 29.7 Å². The molecule has 1 rings (SSSR count). The van der Waals surface area contributed by atoms with Gasteiger partial charge >= 0.3 is 0 Å². The van der Waals surface area contributed by atoms with E-state index in [1.54, 1.807) is 13.2 Å². The Morgan fingerprint density at radius 1 is 1.50 bits per heavy atom. The number of aromatic nitrogens is 2. The zero-order valence-electron chi connectivity index (χ0n) is 10.2. The maximum atomic E-state index is 5.90. The third kappa shape index (κ3) is 4.02. The predicted molar refractivity (Wildman–Crippen MR) is 64.7 cm³/mol.